The highest BCUT2D eigenvalue weighted by atomic mass is 32.2. The van der Waals surface area contributed by atoms with Gasteiger partial charge >= 0.3 is 5.97 Å². The highest BCUT2D eigenvalue weighted by molar-refractivity contribution is 7.98. The number of nitrogens with zero attached hydrogens (tertiary/aromatic N) is 2. The number of hydrogen-bond donors (Lipinski definition) is 1. The van der Waals surface area contributed by atoms with Gasteiger partial charge in [-0.3, -0.25) is 14.9 Å². The van der Waals surface area contributed by atoms with Crippen molar-refractivity contribution in [2.45, 2.75) is 17.4 Å². The van der Waals surface area contributed by atoms with Gasteiger partial charge in [0.25, 0.3) is 11.6 Å². The number of rotatable bonds is 8. The topological polar surface area (TPSA) is 111 Å². The average Bonchev–Trinajstić information content (AvgIpc) is 2.68. The average molecular weight is 387 g/mol. The molecule has 0 aliphatic carbocycles. The lowest BCUT2D eigenvalue weighted by atomic mass is 10.1. The molecule has 2 rings (SSSR count). The maximum Gasteiger partial charge on any atom is 0.328 e. The molecule has 0 spiro atoms. The molecule has 0 aromatic heterocycles. The van der Waals surface area contributed by atoms with Gasteiger partial charge in [0, 0.05) is 24.4 Å². The normalized spacial score (nSPS) is 11.7. The zero-order valence-corrected chi connectivity index (χ0v) is 15.2. The third-order valence-electron chi connectivity index (χ3n) is 3.47. The first-order valence-electron chi connectivity index (χ1n) is 7.87. The molecule has 1 amide bonds. The molecule has 9 heteroatoms. The molecule has 0 aliphatic heterocycles. The zero-order valence-electron chi connectivity index (χ0n) is 14.4. The fourth-order valence-electron chi connectivity index (χ4n) is 2.21. The number of nitro benzene ring substituents is 1. The zero-order chi connectivity index (χ0) is 19.6. The minimum absolute atomic E-state index is 0.100. The highest BCUT2D eigenvalue weighted by Gasteiger charge is 2.21. The lowest BCUT2D eigenvalue weighted by molar-refractivity contribution is -0.387. The molecule has 0 radical (unpaired) electrons. The molecule has 0 heterocycles. The molecule has 0 fully saturated rings. The summed E-state index contributed by atoms with van der Waals surface area (Å²) in [6.45, 7) is 0. The molecule has 2 aromatic rings. The number of para-hydroxylation sites is 1. The van der Waals surface area contributed by atoms with Gasteiger partial charge in [0.1, 0.15) is 17.2 Å². The Balaban J connectivity index is 2.00. The fraction of sp³-hybridized carbons (Fsp3) is 0.167. The van der Waals surface area contributed by atoms with Crippen LogP contribution in [-0.2, 0) is 20.7 Å². The number of methoxy groups -OCH3 is 1. The summed E-state index contributed by atoms with van der Waals surface area (Å²) in [5.41, 5.74) is 0.760. The summed E-state index contributed by atoms with van der Waals surface area (Å²) in [5.74, 6) is -1.18. The van der Waals surface area contributed by atoms with Crippen LogP contribution < -0.4 is 5.32 Å². The monoisotopic (exact) mass is 387 g/mol. The van der Waals surface area contributed by atoms with Crippen molar-refractivity contribution in [2.75, 3.05) is 7.11 Å². The van der Waals surface area contributed by atoms with Crippen LogP contribution in [0.2, 0.25) is 0 Å². The van der Waals surface area contributed by atoms with Crippen molar-refractivity contribution < 1.29 is 19.2 Å². The van der Waals surface area contributed by atoms with Crippen LogP contribution in [0.25, 0.3) is 0 Å². The molecule has 2 aromatic carbocycles. The summed E-state index contributed by atoms with van der Waals surface area (Å²) in [7, 11) is 1.24. The molecular weight excluding hydrogens is 370 g/mol. The maximum absolute atomic E-state index is 12.1. The van der Waals surface area contributed by atoms with E-state index < -0.39 is 22.8 Å². The Kier molecular flexibility index (Phi) is 7.50. The summed E-state index contributed by atoms with van der Waals surface area (Å²) >= 11 is 0.800. The van der Waals surface area contributed by atoms with Gasteiger partial charge in [-0.2, -0.15) is 0 Å². The predicted molar refractivity (Wildman–Crippen MR) is 102 cm³/mol. The minimum Gasteiger partial charge on any atom is -0.467 e. The van der Waals surface area contributed by atoms with E-state index in [1.165, 1.54) is 19.2 Å². The van der Waals surface area contributed by atoms with Crippen LogP contribution in [0.1, 0.15) is 5.56 Å². The van der Waals surface area contributed by atoms with Crippen molar-refractivity contribution in [1.82, 2.24) is 5.32 Å². The molecule has 1 atom stereocenters. The molecule has 0 bridgehead atoms. The Hall–Kier alpha value is -3.20. The number of benzene rings is 2. The van der Waals surface area contributed by atoms with Crippen molar-refractivity contribution in [1.29, 1.82) is 0 Å². The number of esters is 1. The SMILES string of the molecule is COC(=O)[C@H](Cc1ccccc1)NC(=O)/C=N/Sc1ccccc1[N+](=O)[O-]. The van der Waals surface area contributed by atoms with Gasteiger partial charge in [0.05, 0.1) is 12.0 Å². The van der Waals surface area contributed by atoms with Crippen LogP contribution in [0.3, 0.4) is 0 Å². The van der Waals surface area contributed by atoms with E-state index in [-0.39, 0.29) is 12.1 Å². The van der Waals surface area contributed by atoms with Crippen molar-refractivity contribution in [2.24, 2.45) is 4.40 Å². The Labute approximate surface area is 159 Å². The molecule has 0 saturated carbocycles. The second-order valence-corrected chi connectivity index (χ2v) is 6.16. The number of hydrogen-bond acceptors (Lipinski definition) is 7. The number of nitrogens with one attached hydrogen (secondary N) is 1. The second kappa shape index (κ2) is 10.1. The standard InChI is InChI=1S/C18H17N3O5S/c1-26-18(23)14(11-13-7-3-2-4-8-13)20-17(22)12-19-27-16-10-6-5-9-15(16)21(24)25/h2-10,12,14H,11H2,1H3,(H,20,22)/b19-12+/t14-/m0/s1. The second-order valence-electron chi connectivity index (χ2n) is 5.32. The molecule has 0 aliphatic rings. The summed E-state index contributed by atoms with van der Waals surface area (Å²) in [5, 5.41) is 13.5. The predicted octanol–water partition coefficient (Wildman–Crippen LogP) is 2.57. The number of carbonyl (C=O) groups is 2. The maximum atomic E-state index is 12.1. The number of ether oxygens (including phenoxy) is 1. The first-order chi connectivity index (χ1) is 13.0. The van der Waals surface area contributed by atoms with E-state index >= 15 is 0 Å². The molecule has 27 heavy (non-hydrogen) atoms. The smallest absolute Gasteiger partial charge is 0.328 e. The lowest BCUT2D eigenvalue weighted by Gasteiger charge is -2.15. The van der Waals surface area contributed by atoms with Gasteiger partial charge in [0.2, 0.25) is 0 Å². The van der Waals surface area contributed by atoms with E-state index in [4.69, 9.17) is 4.74 Å². The quantitative estimate of drug-likeness (QED) is 0.245. The Morgan fingerprint density at radius 3 is 2.56 bits per heavy atom. The Morgan fingerprint density at radius 2 is 1.89 bits per heavy atom. The third-order valence-corrected chi connectivity index (χ3v) is 4.22. The molecular formula is C18H17N3O5S. The van der Waals surface area contributed by atoms with Crippen LogP contribution in [-0.4, -0.2) is 36.2 Å². The summed E-state index contributed by atoms with van der Waals surface area (Å²) in [6, 6.07) is 14.4. The number of carbonyl (C=O) groups excluding carboxylic acids is 2. The first kappa shape index (κ1) is 20.1. The van der Waals surface area contributed by atoms with Gasteiger partial charge in [-0.15, -0.1) is 0 Å². The van der Waals surface area contributed by atoms with Gasteiger partial charge in [-0.1, -0.05) is 42.5 Å². The van der Waals surface area contributed by atoms with Crippen molar-refractivity contribution in [3.63, 3.8) is 0 Å². The van der Waals surface area contributed by atoms with Crippen LogP contribution in [0, 0.1) is 10.1 Å². The summed E-state index contributed by atoms with van der Waals surface area (Å²) < 4.78 is 8.58. The van der Waals surface area contributed by atoms with E-state index in [2.05, 4.69) is 9.71 Å². The molecule has 8 nitrogen and oxygen atoms in total. The van der Waals surface area contributed by atoms with Gasteiger partial charge in [-0.25, -0.2) is 9.19 Å². The Bertz CT molecular complexity index is 842. The van der Waals surface area contributed by atoms with E-state index in [1.807, 2.05) is 30.3 Å². The number of amides is 1. The van der Waals surface area contributed by atoms with E-state index in [9.17, 15) is 19.7 Å². The summed E-state index contributed by atoms with van der Waals surface area (Å²) in [6.07, 6.45) is 1.24. The molecule has 0 unspecified atom stereocenters. The van der Waals surface area contributed by atoms with Crippen LogP contribution in [0.4, 0.5) is 5.69 Å². The van der Waals surface area contributed by atoms with Crippen LogP contribution in [0.15, 0.2) is 63.9 Å². The van der Waals surface area contributed by atoms with Gasteiger partial charge in [0.15, 0.2) is 0 Å². The largest absolute Gasteiger partial charge is 0.467 e. The molecule has 0 saturated heterocycles. The highest BCUT2D eigenvalue weighted by Crippen LogP contribution is 2.28. The van der Waals surface area contributed by atoms with Crippen molar-refractivity contribution in [3.8, 4) is 0 Å². The third kappa shape index (κ3) is 6.23. The van der Waals surface area contributed by atoms with E-state index in [0.29, 0.717) is 4.90 Å². The van der Waals surface area contributed by atoms with Gasteiger partial charge < -0.3 is 10.1 Å². The van der Waals surface area contributed by atoms with Crippen molar-refractivity contribution >= 4 is 35.7 Å². The Morgan fingerprint density at radius 1 is 1.22 bits per heavy atom. The fourth-order valence-corrected chi connectivity index (χ4v) is 2.85. The van der Waals surface area contributed by atoms with E-state index in [1.54, 1.807) is 12.1 Å². The van der Waals surface area contributed by atoms with Crippen LogP contribution >= 0.6 is 11.9 Å². The molecule has 1 N–H and O–H groups in total. The van der Waals surface area contributed by atoms with Gasteiger partial charge in [-0.05, 0) is 11.6 Å². The lowest BCUT2D eigenvalue weighted by Crippen LogP contribution is -2.43. The van der Waals surface area contributed by atoms with Crippen molar-refractivity contribution in [3.05, 3.63) is 70.3 Å². The first-order valence-corrected chi connectivity index (χ1v) is 8.64. The van der Waals surface area contributed by atoms with E-state index in [0.717, 1.165) is 23.7 Å². The summed E-state index contributed by atoms with van der Waals surface area (Å²) in [4.78, 5) is 34.7. The molecule has 140 valence electrons. The minimum atomic E-state index is -0.868. The number of nitro groups is 1. The van der Waals surface area contributed by atoms with Crippen LogP contribution in [0.5, 0.6) is 0 Å².